The van der Waals surface area contributed by atoms with E-state index in [-0.39, 0.29) is 5.92 Å². The monoisotopic (exact) mass is 216 g/mol. The van der Waals surface area contributed by atoms with Crippen LogP contribution in [0.2, 0.25) is 0 Å². The van der Waals surface area contributed by atoms with E-state index in [0.717, 1.165) is 6.42 Å². The molecule has 0 radical (unpaired) electrons. The maximum atomic E-state index is 10.2. The molecule has 0 saturated carbocycles. The standard InChI is InChI=1S/C6H13NO2.C3H3NS/c1-3-4(2)5(7)6(8)9;1-2-5-3-4-1/h4-5H,3,7H2,1-2H3,(H,8,9);1-3H. The van der Waals surface area contributed by atoms with E-state index in [9.17, 15) is 4.79 Å². The van der Waals surface area contributed by atoms with Crippen LogP contribution in [0, 0.1) is 5.92 Å². The summed E-state index contributed by atoms with van der Waals surface area (Å²) >= 11 is 1.60. The predicted octanol–water partition coefficient (Wildman–Crippen LogP) is 1.59. The third kappa shape index (κ3) is 5.66. The van der Waals surface area contributed by atoms with Gasteiger partial charge in [-0.25, -0.2) is 0 Å². The number of carboxylic acid groups (broad SMARTS) is 1. The minimum Gasteiger partial charge on any atom is -0.480 e. The summed E-state index contributed by atoms with van der Waals surface area (Å²) in [6.45, 7) is 3.76. The van der Waals surface area contributed by atoms with Crippen molar-refractivity contribution in [2.75, 3.05) is 0 Å². The average molecular weight is 216 g/mol. The maximum Gasteiger partial charge on any atom is 0.320 e. The van der Waals surface area contributed by atoms with Crippen molar-refractivity contribution in [2.24, 2.45) is 11.7 Å². The van der Waals surface area contributed by atoms with Crippen LogP contribution in [0.1, 0.15) is 20.3 Å². The van der Waals surface area contributed by atoms with Gasteiger partial charge in [-0.15, -0.1) is 11.3 Å². The molecule has 0 aliphatic carbocycles. The van der Waals surface area contributed by atoms with Crippen LogP contribution in [0.25, 0.3) is 0 Å². The predicted molar refractivity (Wildman–Crippen MR) is 57.2 cm³/mol. The molecule has 4 nitrogen and oxygen atoms in total. The molecule has 0 bridgehead atoms. The summed E-state index contributed by atoms with van der Waals surface area (Å²) in [5.41, 5.74) is 7.06. The smallest absolute Gasteiger partial charge is 0.320 e. The van der Waals surface area contributed by atoms with E-state index in [1.54, 1.807) is 23.0 Å². The highest BCUT2D eigenvalue weighted by atomic mass is 32.1. The third-order valence-corrected chi connectivity index (χ3v) is 2.41. The normalized spacial score (nSPS) is 13.6. The maximum absolute atomic E-state index is 10.2. The molecule has 1 heterocycles. The molecule has 0 fully saturated rings. The lowest BCUT2D eigenvalue weighted by molar-refractivity contribution is -0.139. The van der Waals surface area contributed by atoms with E-state index in [1.165, 1.54) is 0 Å². The lowest BCUT2D eigenvalue weighted by atomic mass is 10.0. The second-order valence-corrected chi connectivity index (χ2v) is 3.68. The van der Waals surface area contributed by atoms with Crippen molar-refractivity contribution in [3.05, 3.63) is 17.1 Å². The Labute approximate surface area is 87.8 Å². The van der Waals surface area contributed by atoms with Gasteiger partial charge in [0.15, 0.2) is 0 Å². The summed E-state index contributed by atoms with van der Waals surface area (Å²) < 4.78 is 0. The van der Waals surface area contributed by atoms with Gasteiger partial charge in [-0.2, -0.15) is 0 Å². The van der Waals surface area contributed by atoms with Crippen molar-refractivity contribution < 1.29 is 9.90 Å². The van der Waals surface area contributed by atoms with Crippen LogP contribution in [0.3, 0.4) is 0 Å². The Bertz CT molecular complexity index is 222. The van der Waals surface area contributed by atoms with Crippen molar-refractivity contribution in [3.8, 4) is 0 Å². The molecule has 2 atom stereocenters. The van der Waals surface area contributed by atoms with Crippen LogP contribution in [0.15, 0.2) is 17.1 Å². The van der Waals surface area contributed by atoms with Gasteiger partial charge in [0.1, 0.15) is 6.04 Å². The molecule has 0 spiro atoms. The fraction of sp³-hybridized carbons (Fsp3) is 0.556. The van der Waals surface area contributed by atoms with Crippen LogP contribution in [0.4, 0.5) is 0 Å². The SMILES string of the molecule is CCC(C)C(N)C(=O)O.c1cscn1. The molecule has 0 aliphatic heterocycles. The van der Waals surface area contributed by atoms with E-state index in [4.69, 9.17) is 10.8 Å². The zero-order valence-corrected chi connectivity index (χ0v) is 9.20. The van der Waals surface area contributed by atoms with Crippen LogP contribution in [-0.4, -0.2) is 22.1 Å². The van der Waals surface area contributed by atoms with Crippen molar-refractivity contribution in [1.29, 1.82) is 0 Å². The highest BCUT2D eigenvalue weighted by Gasteiger charge is 2.17. The molecule has 0 aromatic carbocycles. The molecule has 14 heavy (non-hydrogen) atoms. The first kappa shape index (κ1) is 13.1. The molecule has 0 aliphatic rings. The summed E-state index contributed by atoms with van der Waals surface area (Å²) in [5, 5.41) is 10.3. The Kier molecular flexibility index (Phi) is 6.96. The lowest BCUT2D eigenvalue weighted by Crippen LogP contribution is -2.36. The van der Waals surface area contributed by atoms with Gasteiger partial charge in [0.05, 0.1) is 5.51 Å². The summed E-state index contributed by atoms with van der Waals surface area (Å²) in [4.78, 5) is 13.9. The van der Waals surface area contributed by atoms with E-state index in [1.807, 2.05) is 19.2 Å². The summed E-state index contributed by atoms with van der Waals surface area (Å²) in [6.07, 6.45) is 2.58. The van der Waals surface area contributed by atoms with Gasteiger partial charge in [-0.3, -0.25) is 9.78 Å². The number of carboxylic acids is 1. The molecule has 80 valence electrons. The Morgan fingerprint density at radius 3 is 2.50 bits per heavy atom. The largest absolute Gasteiger partial charge is 0.480 e. The number of aromatic nitrogens is 1. The van der Waals surface area contributed by atoms with Crippen LogP contribution >= 0.6 is 11.3 Å². The number of nitrogens with two attached hydrogens (primary N) is 1. The van der Waals surface area contributed by atoms with E-state index < -0.39 is 12.0 Å². The molecular weight excluding hydrogens is 200 g/mol. The number of carbonyl (C=O) groups is 1. The van der Waals surface area contributed by atoms with Gasteiger partial charge < -0.3 is 10.8 Å². The average Bonchev–Trinajstić information content (AvgIpc) is 2.73. The molecule has 1 aromatic heterocycles. The molecule has 1 aromatic rings. The van der Waals surface area contributed by atoms with Gasteiger partial charge in [-0.05, 0) is 5.92 Å². The minimum atomic E-state index is -0.913. The van der Waals surface area contributed by atoms with Gasteiger partial charge in [-0.1, -0.05) is 20.3 Å². The zero-order chi connectivity index (χ0) is 11.0. The van der Waals surface area contributed by atoms with E-state index >= 15 is 0 Å². The van der Waals surface area contributed by atoms with E-state index in [0.29, 0.717) is 0 Å². The number of hydrogen-bond acceptors (Lipinski definition) is 4. The first-order chi connectivity index (χ1) is 6.59. The van der Waals surface area contributed by atoms with Crippen LogP contribution in [-0.2, 0) is 4.79 Å². The van der Waals surface area contributed by atoms with Gasteiger partial charge in [0.2, 0.25) is 0 Å². The number of aliphatic carboxylic acids is 1. The molecular formula is C9H16N2O2S. The molecule has 0 amide bonds. The van der Waals surface area contributed by atoms with Crippen LogP contribution in [0.5, 0.6) is 0 Å². The van der Waals surface area contributed by atoms with Gasteiger partial charge >= 0.3 is 5.97 Å². The first-order valence-electron chi connectivity index (χ1n) is 4.40. The summed E-state index contributed by atoms with van der Waals surface area (Å²) in [7, 11) is 0. The molecule has 1 rings (SSSR count). The van der Waals surface area contributed by atoms with Crippen molar-refractivity contribution in [3.63, 3.8) is 0 Å². The number of thiazole rings is 1. The fourth-order valence-corrected chi connectivity index (χ4v) is 1.02. The molecule has 5 heteroatoms. The Morgan fingerprint density at radius 1 is 1.71 bits per heavy atom. The Morgan fingerprint density at radius 2 is 2.36 bits per heavy atom. The lowest BCUT2D eigenvalue weighted by Gasteiger charge is -2.11. The Balaban J connectivity index is 0.000000280. The second kappa shape index (κ2) is 7.46. The molecule has 3 N–H and O–H groups in total. The van der Waals surface area contributed by atoms with Gasteiger partial charge in [0, 0.05) is 11.6 Å². The second-order valence-electron chi connectivity index (χ2n) is 2.93. The van der Waals surface area contributed by atoms with Crippen molar-refractivity contribution >= 4 is 17.3 Å². The molecule has 0 saturated heterocycles. The third-order valence-electron chi connectivity index (χ3n) is 1.89. The minimum absolute atomic E-state index is 0.0718. The fourth-order valence-electron chi connectivity index (χ4n) is 0.673. The Hall–Kier alpha value is -0.940. The summed E-state index contributed by atoms with van der Waals surface area (Å²) in [6, 6.07) is -0.699. The number of hydrogen-bond donors (Lipinski definition) is 2. The van der Waals surface area contributed by atoms with Crippen molar-refractivity contribution in [2.45, 2.75) is 26.3 Å². The highest BCUT2D eigenvalue weighted by molar-refractivity contribution is 7.07. The zero-order valence-electron chi connectivity index (χ0n) is 8.38. The van der Waals surface area contributed by atoms with Crippen LogP contribution < -0.4 is 5.73 Å². The van der Waals surface area contributed by atoms with E-state index in [2.05, 4.69) is 4.98 Å². The molecule has 2 unspecified atom stereocenters. The quantitative estimate of drug-likeness (QED) is 0.804. The first-order valence-corrected chi connectivity index (χ1v) is 5.34. The highest BCUT2D eigenvalue weighted by Crippen LogP contribution is 2.04. The number of rotatable bonds is 3. The topological polar surface area (TPSA) is 76.2 Å². The van der Waals surface area contributed by atoms with Gasteiger partial charge in [0.25, 0.3) is 0 Å². The summed E-state index contributed by atoms with van der Waals surface area (Å²) in [5.74, 6) is -0.841. The number of nitrogens with zero attached hydrogens (tertiary/aromatic N) is 1. The van der Waals surface area contributed by atoms with Crippen molar-refractivity contribution in [1.82, 2.24) is 4.98 Å².